The monoisotopic (exact) mass is 275 g/mol. The Bertz CT molecular complexity index is 679. The molecule has 0 amide bonds. The van der Waals surface area contributed by atoms with Gasteiger partial charge in [0.2, 0.25) is 11.7 Å². The standard InChI is InChI=1S/C13H10ClN3O2/c14-10-4-2-1-3-9(10)11(15)13-16-12(17-19-13)8-5-6-18-7-8/h1-7,11H,15H2/t11-/m1/s1. The normalized spacial score (nSPS) is 12.5. The highest BCUT2D eigenvalue weighted by molar-refractivity contribution is 6.31. The van der Waals surface area contributed by atoms with Gasteiger partial charge in [0.15, 0.2) is 0 Å². The van der Waals surface area contributed by atoms with Crippen molar-refractivity contribution < 1.29 is 8.94 Å². The zero-order valence-electron chi connectivity index (χ0n) is 9.79. The highest BCUT2D eigenvalue weighted by Crippen LogP contribution is 2.26. The molecule has 0 radical (unpaired) electrons. The minimum Gasteiger partial charge on any atom is -0.472 e. The van der Waals surface area contributed by atoms with E-state index in [9.17, 15) is 0 Å². The molecule has 96 valence electrons. The first-order valence-corrected chi connectivity index (χ1v) is 5.99. The van der Waals surface area contributed by atoms with Gasteiger partial charge in [-0.05, 0) is 17.7 Å². The van der Waals surface area contributed by atoms with Crippen LogP contribution in [0.25, 0.3) is 11.4 Å². The van der Waals surface area contributed by atoms with Crippen LogP contribution < -0.4 is 5.73 Å². The molecule has 2 aromatic heterocycles. The molecule has 2 heterocycles. The van der Waals surface area contributed by atoms with Gasteiger partial charge in [0.25, 0.3) is 0 Å². The maximum absolute atomic E-state index is 6.09. The van der Waals surface area contributed by atoms with Gasteiger partial charge in [0.1, 0.15) is 12.3 Å². The number of aromatic nitrogens is 2. The molecule has 1 atom stereocenters. The highest BCUT2D eigenvalue weighted by atomic mass is 35.5. The lowest BCUT2D eigenvalue weighted by molar-refractivity contribution is 0.367. The number of benzene rings is 1. The summed E-state index contributed by atoms with van der Waals surface area (Å²) in [4.78, 5) is 4.25. The molecule has 1 aromatic carbocycles. The molecule has 19 heavy (non-hydrogen) atoms. The van der Waals surface area contributed by atoms with Crippen molar-refractivity contribution in [2.24, 2.45) is 5.73 Å². The minimum absolute atomic E-state index is 0.310. The van der Waals surface area contributed by atoms with Crippen LogP contribution in [-0.4, -0.2) is 10.1 Å². The highest BCUT2D eigenvalue weighted by Gasteiger charge is 2.19. The van der Waals surface area contributed by atoms with Crippen LogP contribution in [0.15, 0.2) is 51.8 Å². The Morgan fingerprint density at radius 2 is 2.05 bits per heavy atom. The summed E-state index contributed by atoms with van der Waals surface area (Å²) in [5, 5.41) is 4.43. The molecular weight excluding hydrogens is 266 g/mol. The Hall–Kier alpha value is -2.11. The van der Waals surface area contributed by atoms with Gasteiger partial charge in [-0.15, -0.1) is 0 Å². The first-order chi connectivity index (χ1) is 9.25. The molecule has 0 fully saturated rings. The first-order valence-electron chi connectivity index (χ1n) is 5.62. The van der Waals surface area contributed by atoms with Gasteiger partial charge in [-0.3, -0.25) is 0 Å². The Labute approximate surface area is 114 Å². The largest absolute Gasteiger partial charge is 0.472 e. The maximum atomic E-state index is 6.09. The quantitative estimate of drug-likeness (QED) is 0.795. The molecule has 0 aliphatic rings. The van der Waals surface area contributed by atoms with E-state index >= 15 is 0 Å². The molecule has 0 spiro atoms. The van der Waals surface area contributed by atoms with Crippen LogP contribution in [0, 0.1) is 0 Å². The molecular formula is C13H10ClN3O2. The van der Waals surface area contributed by atoms with Crippen molar-refractivity contribution in [3.8, 4) is 11.4 Å². The van der Waals surface area contributed by atoms with Crippen molar-refractivity contribution in [3.05, 3.63) is 59.3 Å². The van der Waals surface area contributed by atoms with Gasteiger partial charge in [-0.2, -0.15) is 4.98 Å². The fourth-order valence-electron chi connectivity index (χ4n) is 1.73. The zero-order valence-corrected chi connectivity index (χ0v) is 10.5. The molecule has 2 N–H and O–H groups in total. The van der Waals surface area contributed by atoms with Gasteiger partial charge >= 0.3 is 0 Å². The number of halogens is 1. The summed E-state index contributed by atoms with van der Waals surface area (Å²) >= 11 is 6.09. The Morgan fingerprint density at radius 1 is 1.21 bits per heavy atom. The van der Waals surface area contributed by atoms with E-state index < -0.39 is 6.04 Å². The van der Waals surface area contributed by atoms with Crippen LogP contribution in [0.4, 0.5) is 0 Å². The van der Waals surface area contributed by atoms with Crippen LogP contribution in [0.2, 0.25) is 5.02 Å². The van der Waals surface area contributed by atoms with E-state index in [1.54, 1.807) is 18.4 Å². The summed E-state index contributed by atoms with van der Waals surface area (Å²) in [6.07, 6.45) is 3.08. The zero-order chi connectivity index (χ0) is 13.2. The third-order valence-electron chi connectivity index (χ3n) is 2.73. The molecule has 0 saturated heterocycles. The summed E-state index contributed by atoms with van der Waals surface area (Å²) in [5.74, 6) is 0.746. The van der Waals surface area contributed by atoms with Gasteiger partial charge < -0.3 is 14.7 Å². The molecule has 0 aliphatic carbocycles. The van der Waals surface area contributed by atoms with Crippen molar-refractivity contribution in [2.75, 3.05) is 0 Å². The fraction of sp³-hybridized carbons (Fsp3) is 0.0769. The predicted molar refractivity (Wildman–Crippen MR) is 69.5 cm³/mol. The molecule has 0 aliphatic heterocycles. The molecule has 0 bridgehead atoms. The van der Waals surface area contributed by atoms with Crippen molar-refractivity contribution in [3.63, 3.8) is 0 Å². The van der Waals surface area contributed by atoms with Gasteiger partial charge in [0.05, 0.1) is 11.8 Å². The molecule has 6 heteroatoms. The molecule has 0 saturated carbocycles. The number of rotatable bonds is 3. The average Bonchev–Trinajstić information content (AvgIpc) is 3.09. The second-order valence-corrected chi connectivity index (χ2v) is 4.37. The Balaban J connectivity index is 1.93. The minimum atomic E-state index is -0.554. The summed E-state index contributed by atoms with van der Waals surface area (Å²) in [7, 11) is 0. The topological polar surface area (TPSA) is 78.1 Å². The van der Waals surface area contributed by atoms with Crippen LogP contribution in [0.1, 0.15) is 17.5 Å². The third-order valence-corrected chi connectivity index (χ3v) is 3.07. The number of nitrogens with zero attached hydrogens (tertiary/aromatic N) is 2. The van der Waals surface area contributed by atoms with Crippen LogP contribution >= 0.6 is 11.6 Å². The first kappa shape index (κ1) is 12.0. The van der Waals surface area contributed by atoms with E-state index in [1.807, 2.05) is 18.2 Å². The number of furan rings is 1. The van der Waals surface area contributed by atoms with Gasteiger partial charge in [-0.1, -0.05) is 35.0 Å². The number of hydrogen-bond acceptors (Lipinski definition) is 5. The Morgan fingerprint density at radius 3 is 2.79 bits per heavy atom. The second-order valence-electron chi connectivity index (χ2n) is 3.97. The van der Waals surface area contributed by atoms with E-state index in [-0.39, 0.29) is 0 Å². The lowest BCUT2D eigenvalue weighted by Gasteiger charge is -2.08. The van der Waals surface area contributed by atoms with E-state index in [0.717, 1.165) is 11.1 Å². The fourth-order valence-corrected chi connectivity index (χ4v) is 1.98. The average molecular weight is 276 g/mol. The SMILES string of the molecule is N[C@@H](c1nc(-c2ccoc2)no1)c1ccccc1Cl. The molecule has 5 nitrogen and oxygen atoms in total. The van der Waals surface area contributed by atoms with Gasteiger partial charge in [0, 0.05) is 5.02 Å². The van der Waals surface area contributed by atoms with Crippen LogP contribution in [0.3, 0.4) is 0 Å². The second kappa shape index (κ2) is 4.87. The number of nitrogens with two attached hydrogens (primary N) is 1. The van der Waals surface area contributed by atoms with Crippen molar-refractivity contribution >= 4 is 11.6 Å². The van der Waals surface area contributed by atoms with E-state index in [2.05, 4.69) is 10.1 Å². The predicted octanol–water partition coefficient (Wildman–Crippen LogP) is 3.03. The molecule has 0 unspecified atom stereocenters. The van der Waals surface area contributed by atoms with E-state index in [1.165, 1.54) is 6.26 Å². The molecule has 3 rings (SSSR count). The van der Waals surface area contributed by atoms with Crippen LogP contribution in [-0.2, 0) is 0 Å². The van der Waals surface area contributed by atoms with Crippen molar-refractivity contribution in [1.82, 2.24) is 10.1 Å². The van der Waals surface area contributed by atoms with Crippen molar-refractivity contribution in [1.29, 1.82) is 0 Å². The van der Waals surface area contributed by atoms with Crippen molar-refractivity contribution in [2.45, 2.75) is 6.04 Å². The van der Waals surface area contributed by atoms with E-state index in [0.29, 0.717) is 16.7 Å². The van der Waals surface area contributed by atoms with Crippen LogP contribution in [0.5, 0.6) is 0 Å². The lowest BCUT2D eigenvalue weighted by Crippen LogP contribution is -2.12. The summed E-state index contributed by atoms with van der Waals surface area (Å²) in [6, 6.07) is 8.48. The van der Waals surface area contributed by atoms with Gasteiger partial charge in [-0.25, -0.2) is 0 Å². The summed E-state index contributed by atoms with van der Waals surface area (Å²) < 4.78 is 10.1. The smallest absolute Gasteiger partial charge is 0.248 e. The summed E-state index contributed by atoms with van der Waals surface area (Å²) in [5.41, 5.74) is 7.56. The third kappa shape index (κ3) is 2.25. The Kier molecular flexibility index (Phi) is 3.06. The summed E-state index contributed by atoms with van der Waals surface area (Å²) in [6.45, 7) is 0. The molecule has 3 aromatic rings. The van der Waals surface area contributed by atoms with E-state index in [4.69, 9.17) is 26.3 Å². The maximum Gasteiger partial charge on any atom is 0.248 e. The lowest BCUT2D eigenvalue weighted by atomic mass is 10.1. The number of hydrogen-bond donors (Lipinski definition) is 1.